The van der Waals surface area contributed by atoms with Crippen molar-refractivity contribution in [3.8, 4) is 11.1 Å². The number of nitrogens with zero attached hydrogens (tertiary/aromatic N) is 1. The Hall–Kier alpha value is -1.17. The Balaban J connectivity index is 1.71. The zero-order valence-corrected chi connectivity index (χ0v) is 18.2. The summed E-state index contributed by atoms with van der Waals surface area (Å²) in [4.78, 5) is 2.57. The number of benzene rings is 2. The van der Waals surface area contributed by atoms with Gasteiger partial charge in [-0.2, -0.15) is 0 Å². The highest BCUT2D eigenvalue weighted by Gasteiger charge is 2.42. The molecule has 1 saturated heterocycles. The molecule has 1 unspecified atom stereocenters. The van der Waals surface area contributed by atoms with E-state index in [0.717, 1.165) is 12.1 Å². The summed E-state index contributed by atoms with van der Waals surface area (Å²) in [6.07, 6.45) is 4.74. The minimum absolute atomic E-state index is 0.270. The van der Waals surface area contributed by atoms with Crippen LogP contribution in [0.3, 0.4) is 0 Å². The van der Waals surface area contributed by atoms with Crippen LogP contribution < -0.4 is 0 Å². The van der Waals surface area contributed by atoms with E-state index in [2.05, 4.69) is 97.4 Å². The van der Waals surface area contributed by atoms with E-state index in [1.165, 1.54) is 41.5 Å². The first-order valence-electron chi connectivity index (χ1n) is 9.83. The first-order valence-corrected chi connectivity index (χ1v) is 10.7. The van der Waals surface area contributed by atoms with Crippen molar-refractivity contribution in [2.45, 2.75) is 64.2 Å². The highest BCUT2D eigenvalue weighted by molar-refractivity contribution is 7.15. The lowest BCUT2D eigenvalue weighted by atomic mass is 9.72. The first kappa shape index (κ1) is 19.6. The van der Waals surface area contributed by atoms with Gasteiger partial charge in [0.05, 0.1) is 0 Å². The molecule has 2 heteroatoms. The molecule has 0 spiro atoms. The number of likely N-dealkylation sites (tertiary alicyclic amines) is 1. The molecule has 2 aromatic rings. The van der Waals surface area contributed by atoms with Crippen LogP contribution in [0.25, 0.3) is 11.1 Å². The molecule has 0 bridgehead atoms. The van der Waals surface area contributed by atoms with Gasteiger partial charge < -0.3 is 0 Å². The quantitative estimate of drug-likeness (QED) is 0.584. The van der Waals surface area contributed by atoms with E-state index >= 15 is 0 Å². The van der Waals surface area contributed by atoms with Gasteiger partial charge in [0, 0.05) is 11.1 Å². The monoisotopic (exact) mass is 367 g/mol. The van der Waals surface area contributed by atoms with E-state index < -0.39 is 0 Å². The first-order chi connectivity index (χ1) is 12.2. The Morgan fingerprint density at radius 2 is 1.23 bits per heavy atom. The lowest BCUT2D eigenvalue weighted by Gasteiger charge is -2.54. The number of hydrogen-bond donors (Lipinski definition) is 0. The third-order valence-corrected chi connectivity index (χ3v) is 6.87. The van der Waals surface area contributed by atoms with Crippen LogP contribution in [-0.2, 0) is 12.6 Å². The number of hydrogen-bond acceptors (Lipinski definition) is 1. The van der Waals surface area contributed by atoms with Crippen LogP contribution in [0.15, 0.2) is 48.5 Å². The van der Waals surface area contributed by atoms with Crippen molar-refractivity contribution >= 4 is 9.24 Å². The van der Waals surface area contributed by atoms with Crippen molar-refractivity contribution in [1.29, 1.82) is 0 Å². The Bertz CT molecular complexity index is 710. The smallest absolute Gasteiger partial charge is 0.0158 e. The van der Waals surface area contributed by atoms with Gasteiger partial charge in [0.2, 0.25) is 0 Å². The fraction of sp³-hybridized carbons (Fsp3) is 0.500. The average molecular weight is 368 g/mol. The van der Waals surface area contributed by atoms with E-state index in [9.17, 15) is 0 Å². The van der Waals surface area contributed by atoms with Gasteiger partial charge in [-0.25, -0.2) is 0 Å². The fourth-order valence-corrected chi connectivity index (χ4v) is 4.99. The highest BCUT2D eigenvalue weighted by Crippen LogP contribution is 2.41. The summed E-state index contributed by atoms with van der Waals surface area (Å²) in [7, 11) is 5.07. The summed E-state index contributed by atoms with van der Waals surface area (Å²) >= 11 is 0. The minimum Gasteiger partial charge on any atom is -0.296 e. The molecule has 1 aliphatic heterocycles. The molecule has 1 heterocycles. The normalized spacial score (nSPS) is 20.2. The van der Waals surface area contributed by atoms with Gasteiger partial charge in [-0.15, -0.1) is 9.24 Å². The molecule has 140 valence electrons. The van der Waals surface area contributed by atoms with Crippen molar-refractivity contribution < 1.29 is 0 Å². The van der Waals surface area contributed by atoms with Gasteiger partial charge in [-0.05, 0) is 88.3 Å². The third-order valence-electron chi connectivity index (χ3n) is 6.39. The van der Waals surface area contributed by atoms with Crippen LogP contribution >= 0.6 is 9.24 Å². The predicted molar refractivity (Wildman–Crippen MR) is 118 cm³/mol. The summed E-state index contributed by atoms with van der Waals surface area (Å²) in [5.74, 6) is 0.753. The topological polar surface area (TPSA) is 3.24 Å². The van der Waals surface area contributed by atoms with Crippen molar-refractivity contribution in [2.75, 3.05) is 7.05 Å². The van der Waals surface area contributed by atoms with Crippen LogP contribution in [0.4, 0.5) is 0 Å². The van der Waals surface area contributed by atoms with Gasteiger partial charge in [0.25, 0.3) is 0 Å². The minimum atomic E-state index is 0.270. The second kappa shape index (κ2) is 7.45. The second-order valence-corrected chi connectivity index (χ2v) is 9.67. The van der Waals surface area contributed by atoms with E-state index in [0.29, 0.717) is 0 Å². The zero-order chi connectivity index (χ0) is 18.9. The maximum atomic E-state index is 2.78. The van der Waals surface area contributed by atoms with E-state index in [-0.39, 0.29) is 11.1 Å². The molecule has 1 aliphatic rings. The molecule has 26 heavy (non-hydrogen) atoms. The van der Waals surface area contributed by atoms with E-state index in [1.54, 1.807) is 0 Å². The van der Waals surface area contributed by atoms with Gasteiger partial charge in [0.15, 0.2) is 0 Å². The van der Waals surface area contributed by atoms with E-state index in [1.807, 2.05) is 0 Å². The lowest BCUT2D eigenvalue weighted by Crippen LogP contribution is -2.58. The second-order valence-electron chi connectivity index (χ2n) is 9.26. The molecule has 0 aliphatic carbocycles. The summed E-state index contributed by atoms with van der Waals surface area (Å²) in [5.41, 5.74) is 5.99. The predicted octanol–water partition coefficient (Wildman–Crippen LogP) is 6.17. The maximum absolute atomic E-state index is 2.78. The Kier molecular flexibility index (Phi) is 5.61. The lowest BCUT2D eigenvalue weighted by molar-refractivity contribution is -0.0296. The Labute approximate surface area is 162 Å². The molecule has 1 fully saturated rings. The third kappa shape index (κ3) is 4.21. The van der Waals surface area contributed by atoms with Gasteiger partial charge in [-0.1, -0.05) is 48.5 Å². The van der Waals surface area contributed by atoms with Crippen molar-refractivity contribution in [1.82, 2.24) is 4.90 Å². The molecule has 1 atom stereocenters. The van der Waals surface area contributed by atoms with Crippen LogP contribution in [0.5, 0.6) is 0 Å². The summed E-state index contributed by atoms with van der Waals surface area (Å²) < 4.78 is 0. The standard InChI is InChI=1S/C24H34NP/c1-23(2)15-20(16-24(3,4)25(23)5)14-18-6-10-21(11-7-18)22-12-8-19(17-26)9-13-22/h6-13,20H,14-17,26H2,1-5H3. The average Bonchev–Trinajstić information content (AvgIpc) is 2.60. The summed E-state index contributed by atoms with van der Waals surface area (Å²) in [6, 6.07) is 18.1. The van der Waals surface area contributed by atoms with Gasteiger partial charge in [0.1, 0.15) is 0 Å². The van der Waals surface area contributed by atoms with Crippen LogP contribution in [0.1, 0.15) is 51.7 Å². The molecular weight excluding hydrogens is 333 g/mol. The molecule has 3 rings (SSSR count). The van der Waals surface area contributed by atoms with Gasteiger partial charge >= 0.3 is 0 Å². The van der Waals surface area contributed by atoms with Crippen molar-refractivity contribution in [3.63, 3.8) is 0 Å². The van der Waals surface area contributed by atoms with Crippen molar-refractivity contribution in [3.05, 3.63) is 59.7 Å². The SMILES string of the molecule is CN1C(C)(C)CC(Cc2ccc(-c3ccc(CP)cc3)cc2)CC1(C)C. The zero-order valence-electron chi connectivity index (χ0n) is 17.0. The number of rotatable bonds is 4. The van der Waals surface area contributed by atoms with Crippen molar-refractivity contribution in [2.24, 2.45) is 5.92 Å². The molecule has 2 aromatic carbocycles. The fourth-order valence-electron chi connectivity index (χ4n) is 4.72. The Morgan fingerprint density at radius 1 is 0.808 bits per heavy atom. The Morgan fingerprint density at radius 3 is 1.65 bits per heavy atom. The summed E-state index contributed by atoms with van der Waals surface area (Å²) in [6.45, 7) is 9.57. The molecule has 0 amide bonds. The molecule has 1 nitrogen and oxygen atoms in total. The number of piperidine rings is 1. The molecule has 0 aromatic heterocycles. The molecule has 0 radical (unpaired) electrons. The maximum Gasteiger partial charge on any atom is 0.0158 e. The van der Waals surface area contributed by atoms with Gasteiger partial charge in [-0.3, -0.25) is 4.90 Å². The molecular formula is C24H34NP. The van der Waals surface area contributed by atoms with E-state index in [4.69, 9.17) is 0 Å². The van der Waals surface area contributed by atoms with Crippen LogP contribution in [0.2, 0.25) is 0 Å². The van der Waals surface area contributed by atoms with Crippen LogP contribution in [0, 0.1) is 5.92 Å². The molecule has 0 N–H and O–H groups in total. The van der Waals surface area contributed by atoms with Crippen LogP contribution in [-0.4, -0.2) is 23.0 Å². The molecule has 0 saturated carbocycles. The summed E-state index contributed by atoms with van der Waals surface area (Å²) in [5, 5.41) is 0. The largest absolute Gasteiger partial charge is 0.296 e. The highest BCUT2D eigenvalue weighted by atomic mass is 31.0.